The number of oxazole rings is 1. The van der Waals surface area contributed by atoms with Crippen molar-refractivity contribution in [2.45, 2.75) is 42.2 Å². The van der Waals surface area contributed by atoms with Crippen LogP contribution in [0.5, 0.6) is 0 Å². The van der Waals surface area contributed by atoms with Crippen molar-refractivity contribution in [1.29, 1.82) is 0 Å². The summed E-state index contributed by atoms with van der Waals surface area (Å²) in [7, 11) is -0.522. The maximum Gasteiger partial charge on any atom is 0.257 e. The van der Waals surface area contributed by atoms with Gasteiger partial charge in [-0.2, -0.15) is 0 Å². The number of aromatic nitrogens is 5. The molecular formula is C15H20N6O3S2. The molecule has 2 heterocycles. The molecular weight excluding hydrogens is 376 g/mol. The lowest BCUT2D eigenvalue weighted by Gasteiger charge is -2.10. The first-order valence-corrected chi connectivity index (χ1v) is 10.6. The van der Waals surface area contributed by atoms with Gasteiger partial charge in [-0.15, -0.1) is 5.10 Å². The number of hydrogen-bond donors (Lipinski definition) is 0. The summed E-state index contributed by atoms with van der Waals surface area (Å²) in [6, 6.07) is 4.65. The van der Waals surface area contributed by atoms with E-state index in [-0.39, 0.29) is 4.90 Å². The van der Waals surface area contributed by atoms with Gasteiger partial charge in [-0.1, -0.05) is 25.1 Å². The van der Waals surface area contributed by atoms with E-state index in [4.69, 9.17) is 4.42 Å². The first-order valence-electron chi connectivity index (χ1n) is 8.12. The van der Waals surface area contributed by atoms with E-state index in [1.807, 2.05) is 0 Å². The van der Waals surface area contributed by atoms with E-state index >= 15 is 0 Å². The zero-order chi connectivity index (χ0) is 18.7. The van der Waals surface area contributed by atoms with Gasteiger partial charge in [0.15, 0.2) is 11.4 Å². The SMILES string of the molecule is CCCCn1nnnc1CSc1nc2cc(S(=O)(=O)N(C)C)ccc2o1. The molecule has 0 atom stereocenters. The molecule has 3 rings (SSSR count). The minimum Gasteiger partial charge on any atom is -0.431 e. The van der Waals surface area contributed by atoms with Crippen molar-refractivity contribution in [3.05, 3.63) is 24.0 Å². The normalized spacial score (nSPS) is 12.3. The molecule has 26 heavy (non-hydrogen) atoms. The van der Waals surface area contributed by atoms with Crippen LogP contribution in [-0.2, 0) is 22.3 Å². The zero-order valence-electron chi connectivity index (χ0n) is 14.8. The van der Waals surface area contributed by atoms with Crippen molar-refractivity contribution in [1.82, 2.24) is 29.5 Å². The Morgan fingerprint density at radius 1 is 1.31 bits per heavy atom. The van der Waals surface area contributed by atoms with Gasteiger partial charge >= 0.3 is 0 Å². The molecule has 9 nitrogen and oxygen atoms in total. The second kappa shape index (κ2) is 7.72. The number of sulfonamides is 1. The lowest BCUT2D eigenvalue weighted by Crippen LogP contribution is -2.22. The maximum atomic E-state index is 12.2. The van der Waals surface area contributed by atoms with Crippen molar-refractivity contribution in [2.24, 2.45) is 0 Å². The molecule has 0 amide bonds. The van der Waals surface area contributed by atoms with E-state index in [9.17, 15) is 8.42 Å². The third kappa shape index (κ3) is 3.89. The third-order valence-corrected chi connectivity index (χ3v) is 6.41. The molecule has 0 bridgehead atoms. The summed E-state index contributed by atoms with van der Waals surface area (Å²) in [5, 5.41) is 12.2. The van der Waals surface area contributed by atoms with Gasteiger partial charge in [-0.05, 0) is 35.0 Å². The first kappa shape index (κ1) is 18.8. The van der Waals surface area contributed by atoms with Crippen LogP contribution in [0.4, 0.5) is 0 Å². The van der Waals surface area contributed by atoms with Gasteiger partial charge in [0, 0.05) is 20.6 Å². The van der Waals surface area contributed by atoms with E-state index in [1.54, 1.807) is 10.7 Å². The molecule has 0 saturated heterocycles. The summed E-state index contributed by atoms with van der Waals surface area (Å²) in [6.45, 7) is 2.89. The van der Waals surface area contributed by atoms with Crippen molar-refractivity contribution in [2.75, 3.05) is 14.1 Å². The second-order valence-corrected chi connectivity index (χ2v) is 8.94. The van der Waals surface area contributed by atoms with Gasteiger partial charge in [0.1, 0.15) is 5.52 Å². The Morgan fingerprint density at radius 2 is 2.12 bits per heavy atom. The van der Waals surface area contributed by atoms with E-state index in [1.165, 1.54) is 42.3 Å². The second-order valence-electron chi connectivity index (χ2n) is 5.86. The fourth-order valence-corrected chi connectivity index (χ4v) is 3.95. The minimum absolute atomic E-state index is 0.184. The van der Waals surface area contributed by atoms with Crippen molar-refractivity contribution in [3.63, 3.8) is 0 Å². The molecule has 0 N–H and O–H groups in total. The molecule has 0 unspecified atom stereocenters. The molecule has 0 fully saturated rings. The topological polar surface area (TPSA) is 107 Å². The van der Waals surface area contributed by atoms with E-state index in [2.05, 4.69) is 27.4 Å². The van der Waals surface area contributed by atoms with Gasteiger partial charge in [0.05, 0.1) is 10.6 Å². The van der Waals surface area contributed by atoms with Crippen molar-refractivity contribution >= 4 is 32.9 Å². The molecule has 0 aliphatic rings. The molecule has 0 radical (unpaired) electrons. The van der Waals surface area contributed by atoms with Crippen molar-refractivity contribution < 1.29 is 12.8 Å². The molecule has 0 saturated carbocycles. The Bertz CT molecular complexity index is 996. The number of rotatable bonds is 8. The summed E-state index contributed by atoms with van der Waals surface area (Å²) in [6.07, 6.45) is 2.07. The minimum atomic E-state index is -3.51. The lowest BCUT2D eigenvalue weighted by molar-refractivity contribution is 0.488. The highest BCUT2D eigenvalue weighted by Gasteiger charge is 2.19. The fraction of sp³-hybridized carbons (Fsp3) is 0.467. The fourth-order valence-electron chi connectivity index (χ4n) is 2.25. The number of hydrogen-bond acceptors (Lipinski definition) is 8. The van der Waals surface area contributed by atoms with Crippen LogP contribution in [0, 0.1) is 0 Å². The number of fused-ring (bicyclic) bond motifs is 1. The zero-order valence-corrected chi connectivity index (χ0v) is 16.4. The number of unbranched alkanes of at least 4 members (excludes halogenated alkanes) is 1. The summed E-state index contributed by atoms with van der Waals surface area (Å²) in [5.41, 5.74) is 1.04. The monoisotopic (exact) mass is 396 g/mol. The Balaban J connectivity index is 1.77. The van der Waals surface area contributed by atoms with Crippen LogP contribution >= 0.6 is 11.8 Å². The third-order valence-electron chi connectivity index (χ3n) is 3.77. The van der Waals surface area contributed by atoms with Crippen LogP contribution in [0.25, 0.3) is 11.1 Å². The molecule has 0 spiro atoms. The number of thioether (sulfide) groups is 1. The Labute approximate surface area is 155 Å². The Hall–Kier alpha value is -1.98. The van der Waals surface area contributed by atoms with Gasteiger partial charge in [0.25, 0.3) is 5.22 Å². The summed E-state index contributed by atoms with van der Waals surface area (Å²) in [4.78, 5) is 4.56. The molecule has 1 aromatic carbocycles. The largest absolute Gasteiger partial charge is 0.431 e. The van der Waals surface area contributed by atoms with E-state index in [0.717, 1.165) is 25.2 Å². The molecule has 2 aromatic heterocycles. The van der Waals surface area contributed by atoms with Gasteiger partial charge < -0.3 is 4.42 Å². The summed E-state index contributed by atoms with van der Waals surface area (Å²) in [5.74, 6) is 1.27. The highest BCUT2D eigenvalue weighted by atomic mass is 32.2. The number of nitrogens with zero attached hydrogens (tertiary/aromatic N) is 6. The molecule has 0 aliphatic heterocycles. The summed E-state index contributed by atoms with van der Waals surface area (Å²) < 4.78 is 33.1. The van der Waals surface area contributed by atoms with Crippen LogP contribution in [-0.4, -0.2) is 52.0 Å². The van der Waals surface area contributed by atoms with Crippen molar-refractivity contribution in [3.8, 4) is 0 Å². The molecule has 11 heteroatoms. The average Bonchev–Trinajstić information content (AvgIpc) is 3.23. The quantitative estimate of drug-likeness (QED) is 0.533. The Morgan fingerprint density at radius 3 is 2.85 bits per heavy atom. The summed E-state index contributed by atoms with van der Waals surface area (Å²) >= 11 is 1.37. The van der Waals surface area contributed by atoms with Crippen LogP contribution in [0.15, 0.2) is 32.7 Å². The van der Waals surface area contributed by atoms with Gasteiger partial charge in [-0.3, -0.25) is 0 Å². The predicted octanol–water partition coefficient (Wildman–Crippen LogP) is 2.16. The Kier molecular flexibility index (Phi) is 5.58. The van der Waals surface area contributed by atoms with Crippen LogP contribution in [0.1, 0.15) is 25.6 Å². The van der Waals surface area contributed by atoms with Crippen LogP contribution < -0.4 is 0 Å². The molecule has 0 aliphatic carbocycles. The highest BCUT2D eigenvalue weighted by Crippen LogP contribution is 2.27. The maximum absolute atomic E-state index is 12.2. The smallest absolute Gasteiger partial charge is 0.257 e. The molecule has 140 valence electrons. The van der Waals surface area contributed by atoms with E-state index < -0.39 is 10.0 Å². The molecule has 3 aromatic rings. The highest BCUT2D eigenvalue weighted by molar-refractivity contribution is 7.98. The predicted molar refractivity (Wildman–Crippen MR) is 97.2 cm³/mol. The van der Waals surface area contributed by atoms with E-state index in [0.29, 0.717) is 22.1 Å². The average molecular weight is 396 g/mol. The van der Waals surface area contributed by atoms with Crippen LogP contribution in [0.2, 0.25) is 0 Å². The number of tetrazole rings is 1. The number of aryl methyl sites for hydroxylation is 1. The first-order chi connectivity index (χ1) is 12.4. The standard InChI is InChI=1S/C15H20N6O3S2/c1-4-5-8-21-14(17-18-19-21)10-25-15-16-12-9-11(6-7-13(12)24-15)26(22,23)20(2)3/h6-7,9H,4-5,8,10H2,1-3H3. The lowest BCUT2D eigenvalue weighted by atomic mass is 10.3. The van der Waals surface area contributed by atoms with Gasteiger partial charge in [-0.25, -0.2) is 22.4 Å². The number of benzene rings is 1. The van der Waals surface area contributed by atoms with Crippen LogP contribution in [0.3, 0.4) is 0 Å². The van der Waals surface area contributed by atoms with Gasteiger partial charge in [0.2, 0.25) is 10.0 Å².